The summed E-state index contributed by atoms with van der Waals surface area (Å²) in [6.45, 7) is 5.63. The molecular weight excluding hydrogens is 394 g/mol. The molecule has 164 valence electrons. The van der Waals surface area contributed by atoms with Gasteiger partial charge in [-0.05, 0) is 67.0 Å². The Kier molecular flexibility index (Phi) is 5.33. The molecule has 5 rings (SSSR count). The van der Waals surface area contributed by atoms with Gasteiger partial charge < -0.3 is 9.80 Å². The van der Waals surface area contributed by atoms with Crippen molar-refractivity contribution >= 4 is 5.91 Å². The quantitative estimate of drug-likeness (QED) is 0.680. The smallest absolute Gasteiger partial charge is 0.260 e. The molecule has 2 aliphatic heterocycles. The molecule has 1 saturated heterocycles. The van der Waals surface area contributed by atoms with Crippen LogP contribution in [0.4, 0.5) is 8.78 Å². The van der Waals surface area contributed by atoms with Crippen LogP contribution in [0.25, 0.3) is 11.1 Å². The van der Waals surface area contributed by atoms with Crippen molar-refractivity contribution in [3.05, 3.63) is 59.2 Å². The Morgan fingerprint density at radius 3 is 2.48 bits per heavy atom. The van der Waals surface area contributed by atoms with Gasteiger partial charge >= 0.3 is 0 Å². The van der Waals surface area contributed by atoms with E-state index in [0.717, 1.165) is 24.9 Å². The third-order valence-electron chi connectivity index (χ3n) is 7.32. The molecule has 5 heteroatoms. The summed E-state index contributed by atoms with van der Waals surface area (Å²) in [5, 5.41) is 0. The molecule has 2 aromatic rings. The standard InChI is InChI=1S/C26H30F2N2O/c1-18-3-2-12-29(18)13-10-19-4-6-20(7-5-19)21-8-9-23-17-30(14-11-22(23)15-21)25(31)24-16-26(24,27)28/h4-9,15,18,24H,2-3,10-14,16-17H2,1H3. The van der Waals surface area contributed by atoms with Gasteiger partial charge in [-0.2, -0.15) is 0 Å². The van der Waals surface area contributed by atoms with Gasteiger partial charge in [0.25, 0.3) is 5.92 Å². The molecule has 31 heavy (non-hydrogen) atoms. The van der Waals surface area contributed by atoms with Gasteiger partial charge in [-0.1, -0.05) is 42.5 Å². The van der Waals surface area contributed by atoms with Gasteiger partial charge in [0.2, 0.25) is 5.91 Å². The summed E-state index contributed by atoms with van der Waals surface area (Å²) < 4.78 is 26.5. The van der Waals surface area contributed by atoms with Crippen molar-refractivity contribution in [3.8, 4) is 11.1 Å². The zero-order valence-electron chi connectivity index (χ0n) is 18.1. The number of benzene rings is 2. The minimum atomic E-state index is -2.79. The van der Waals surface area contributed by atoms with Crippen molar-refractivity contribution in [2.75, 3.05) is 19.6 Å². The summed E-state index contributed by atoms with van der Waals surface area (Å²) >= 11 is 0. The Balaban J connectivity index is 1.22. The van der Waals surface area contributed by atoms with Gasteiger partial charge in [0.1, 0.15) is 5.92 Å². The molecule has 3 nitrogen and oxygen atoms in total. The Labute approximate surface area is 183 Å². The molecule has 2 aromatic carbocycles. The van der Waals surface area contributed by atoms with E-state index in [9.17, 15) is 13.6 Å². The Hall–Kier alpha value is -2.27. The number of hydrogen-bond donors (Lipinski definition) is 0. The number of amides is 1. The second kappa shape index (κ2) is 8.01. The van der Waals surface area contributed by atoms with E-state index in [-0.39, 0.29) is 6.42 Å². The molecular formula is C26H30F2N2O. The van der Waals surface area contributed by atoms with E-state index in [2.05, 4.69) is 54.3 Å². The topological polar surface area (TPSA) is 23.6 Å². The highest BCUT2D eigenvalue weighted by molar-refractivity contribution is 5.83. The molecule has 1 aliphatic carbocycles. The first kappa shape index (κ1) is 20.6. The molecule has 3 aliphatic rings. The zero-order valence-corrected chi connectivity index (χ0v) is 18.1. The zero-order chi connectivity index (χ0) is 21.6. The van der Waals surface area contributed by atoms with Crippen LogP contribution >= 0.6 is 0 Å². The first-order valence-electron chi connectivity index (χ1n) is 11.5. The molecule has 1 saturated carbocycles. The first-order valence-corrected chi connectivity index (χ1v) is 11.5. The Morgan fingerprint density at radius 1 is 1.06 bits per heavy atom. The highest BCUT2D eigenvalue weighted by Crippen LogP contribution is 2.49. The second-order valence-corrected chi connectivity index (χ2v) is 9.49. The SMILES string of the molecule is CC1CCCN1CCc1ccc(-c2ccc3c(c2)CCN(C(=O)C2CC2(F)F)C3)cc1. The predicted molar refractivity (Wildman–Crippen MR) is 118 cm³/mol. The maximum atomic E-state index is 13.3. The van der Waals surface area contributed by atoms with Crippen LogP contribution in [0, 0.1) is 5.92 Å². The van der Waals surface area contributed by atoms with E-state index < -0.39 is 17.7 Å². The van der Waals surface area contributed by atoms with Gasteiger partial charge in [-0.3, -0.25) is 4.79 Å². The number of halogens is 2. The van der Waals surface area contributed by atoms with Crippen molar-refractivity contribution in [1.82, 2.24) is 9.80 Å². The highest BCUT2D eigenvalue weighted by atomic mass is 19.3. The van der Waals surface area contributed by atoms with Crippen molar-refractivity contribution in [3.63, 3.8) is 0 Å². The number of hydrogen-bond acceptors (Lipinski definition) is 2. The molecule has 0 aromatic heterocycles. The van der Waals surface area contributed by atoms with Crippen LogP contribution in [0.2, 0.25) is 0 Å². The highest BCUT2D eigenvalue weighted by Gasteiger charge is 2.62. The number of alkyl halides is 2. The normalized spacial score (nSPS) is 24.8. The average Bonchev–Trinajstić information content (AvgIpc) is 3.22. The van der Waals surface area contributed by atoms with E-state index in [4.69, 9.17) is 0 Å². The summed E-state index contributed by atoms with van der Waals surface area (Å²) in [5.74, 6) is -4.28. The van der Waals surface area contributed by atoms with E-state index in [1.54, 1.807) is 4.90 Å². The number of nitrogens with zero attached hydrogens (tertiary/aromatic N) is 2. The second-order valence-electron chi connectivity index (χ2n) is 9.49. The minimum absolute atomic E-state index is 0.290. The first-order chi connectivity index (χ1) is 14.9. The maximum Gasteiger partial charge on any atom is 0.260 e. The summed E-state index contributed by atoms with van der Waals surface area (Å²) in [6.07, 6.45) is 4.15. The third-order valence-corrected chi connectivity index (χ3v) is 7.32. The predicted octanol–water partition coefficient (Wildman–Crippen LogP) is 4.92. The Bertz CT molecular complexity index is 972. The largest absolute Gasteiger partial charge is 0.338 e. The van der Waals surface area contributed by atoms with Crippen molar-refractivity contribution < 1.29 is 13.6 Å². The number of carbonyl (C=O) groups excluding carboxylic acids is 1. The lowest BCUT2D eigenvalue weighted by Gasteiger charge is -2.29. The number of fused-ring (bicyclic) bond motifs is 1. The van der Waals surface area contributed by atoms with Gasteiger partial charge in [-0.25, -0.2) is 8.78 Å². The van der Waals surface area contributed by atoms with Crippen LogP contribution in [0.1, 0.15) is 42.9 Å². The molecule has 2 unspecified atom stereocenters. The van der Waals surface area contributed by atoms with Crippen LogP contribution in [-0.4, -0.2) is 47.3 Å². The third kappa shape index (κ3) is 4.25. The van der Waals surface area contributed by atoms with Crippen molar-refractivity contribution in [2.24, 2.45) is 5.92 Å². The lowest BCUT2D eigenvalue weighted by atomic mass is 9.94. The number of likely N-dealkylation sites (tertiary alicyclic amines) is 1. The van der Waals surface area contributed by atoms with Gasteiger partial charge in [-0.15, -0.1) is 0 Å². The molecule has 0 bridgehead atoms. The summed E-state index contributed by atoms with van der Waals surface area (Å²) in [7, 11) is 0. The number of carbonyl (C=O) groups is 1. The van der Waals surface area contributed by atoms with Crippen molar-refractivity contribution in [2.45, 2.75) is 57.5 Å². The number of rotatable bonds is 5. The molecule has 2 atom stereocenters. The summed E-state index contributed by atoms with van der Waals surface area (Å²) in [6, 6.07) is 15.9. The van der Waals surface area contributed by atoms with Crippen LogP contribution in [0.3, 0.4) is 0 Å². The van der Waals surface area contributed by atoms with Gasteiger partial charge in [0.15, 0.2) is 0 Å². The molecule has 1 amide bonds. The van der Waals surface area contributed by atoms with Gasteiger partial charge in [0.05, 0.1) is 0 Å². The van der Waals surface area contributed by atoms with E-state index in [1.807, 2.05) is 0 Å². The van der Waals surface area contributed by atoms with Gasteiger partial charge in [0, 0.05) is 32.1 Å². The summed E-state index contributed by atoms with van der Waals surface area (Å²) in [5.41, 5.74) is 6.02. The average molecular weight is 425 g/mol. The minimum Gasteiger partial charge on any atom is -0.338 e. The fourth-order valence-electron chi connectivity index (χ4n) is 5.08. The van der Waals surface area contributed by atoms with Crippen LogP contribution < -0.4 is 0 Å². The molecule has 0 spiro atoms. The fraction of sp³-hybridized carbons (Fsp3) is 0.500. The van der Waals surface area contributed by atoms with E-state index in [1.165, 1.54) is 41.6 Å². The molecule has 0 N–H and O–H groups in total. The lowest BCUT2D eigenvalue weighted by Crippen LogP contribution is -2.37. The van der Waals surface area contributed by atoms with E-state index in [0.29, 0.717) is 19.1 Å². The van der Waals surface area contributed by atoms with Crippen molar-refractivity contribution in [1.29, 1.82) is 0 Å². The lowest BCUT2D eigenvalue weighted by molar-refractivity contribution is -0.135. The van der Waals surface area contributed by atoms with E-state index >= 15 is 0 Å². The molecule has 2 heterocycles. The summed E-state index contributed by atoms with van der Waals surface area (Å²) in [4.78, 5) is 16.5. The van der Waals surface area contributed by atoms with Crippen LogP contribution in [0.15, 0.2) is 42.5 Å². The Morgan fingerprint density at radius 2 is 1.81 bits per heavy atom. The maximum absolute atomic E-state index is 13.3. The molecule has 0 radical (unpaired) electrons. The molecule has 2 fully saturated rings. The van der Waals surface area contributed by atoms with Crippen LogP contribution in [0.5, 0.6) is 0 Å². The monoisotopic (exact) mass is 424 g/mol. The fourth-order valence-corrected chi connectivity index (χ4v) is 5.08. The van der Waals surface area contributed by atoms with Crippen LogP contribution in [-0.2, 0) is 24.2 Å².